The van der Waals surface area contributed by atoms with Gasteiger partial charge in [-0.2, -0.15) is 0 Å². The fourth-order valence-corrected chi connectivity index (χ4v) is 8.55. The zero-order valence-electron chi connectivity index (χ0n) is 11.5. The van der Waals surface area contributed by atoms with Crippen molar-refractivity contribution in [3.8, 4) is 0 Å². The van der Waals surface area contributed by atoms with Gasteiger partial charge in [0.25, 0.3) is 0 Å². The highest BCUT2D eigenvalue weighted by Crippen LogP contribution is 2.20. The first-order valence-electron chi connectivity index (χ1n) is 5.77. The van der Waals surface area contributed by atoms with Gasteiger partial charge in [-0.15, -0.1) is 0 Å². The molecule has 17 heavy (non-hydrogen) atoms. The maximum Gasteiger partial charge on any atom is 0.330 e. The molecule has 0 rings (SSSR count). The minimum atomic E-state index is -1.96. The molecule has 0 atom stereocenters. The van der Waals surface area contributed by atoms with E-state index in [1.54, 1.807) is 7.11 Å². The number of carbonyl (C=O) groups is 1. The zero-order chi connectivity index (χ0) is 13.5. The predicted octanol–water partition coefficient (Wildman–Crippen LogP) is 2.68. The van der Waals surface area contributed by atoms with Crippen molar-refractivity contribution in [2.24, 2.45) is 0 Å². The van der Waals surface area contributed by atoms with Gasteiger partial charge in [-0.1, -0.05) is 6.58 Å². The molecule has 0 radical (unpaired) electrons. The number of carbonyl (C=O) groups excluding carboxylic acids is 1. The van der Waals surface area contributed by atoms with Crippen LogP contribution in [0.1, 0.15) is 6.42 Å². The van der Waals surface area contributed by atoms with Crippen LogP contribution in [0.4, 0.5) is 0 Å². The molecule has 0 aromatic rings. The summed E-state index contributed by atoms with van der Waals surface area (Å²) in [6.45, 7) is 12.2. The summed E-state index contributed by atoms with van der Waals surface area (Å²) in [6, 6.07) is 0.956. The van der Waals surface area contributed by atoms with Crippen molar-refractivity contribution in [2.75, 3.05) is 13.7 Å². The number of ether oxygens (including phenoxy) is 1. The van der Waals surface area contributed by atoms with Crippen LogP contribution in [0.25, 0.3) is 0 Å². The van der Waals surface area contributed by atoms with Crippen LogP contribution in [0, 0.1) is 0 Å². The van der Waals surface area contributed by atoms with E-state index in [1.807, 2.05) is 13.1 Å². The third-order valence-corrected chi connectivity index (χ3v) is 9.07. The monoisotopic (exact) mass is 276 g/mol. The first-order chi connectivity index (χ1) is 7.72. The van der Waals surface area contributed by atoms with Gasteiger partial charge < -0.3 is 13.3 Å². The van der Waals surface area contributed by atoms with Crippen molar-refractivity contribution in [3.63, 3.8) is 0 Å². The largest absolute Gasteiger partial charge is 0.463 e. The molecule has 0 unspecified atom stereocenters. The highest BCUT2D eigenvalue weighted by Gasteiger charge is 2.33. The molecule has 0 saturated carbocycles. The summed E-state index contributed by atoms with van der Waals surface area (Å²) < 4.78 is 16.4. The van der Waals surface area contributed by atoms with Gasteiger partial charge >= 0.3 is 14.5 Å². The molecule has 0 amide bonds. The van der Waals surface area contributed by atoms with Crippen LogP contribution in [0.5, 0.6) is 0 Å². The van der Waals surface area contributed by atoms with Gasteiger partial charge in [-0.05, 0) is 38.7 Å². The van der Waals surface area contributed by atoms with E-state index in [2.05, 4.69) is 19.7 Å². The summed E-state index contributed by atoms with van der Waals surface area (Å²) >= 11 is 0. The fourth-order valence-electron chi connectivity index (χ4n) is 1.49. The Hall–Kier alpha value is -0.436. The smallest absolute Gasteiger partial charge is 0.330 e. The Labute approximate surface area is 106 Å². The number of hydrogen-bond acceptors (Lipinski definition) is 4. The Kier molecular flexibility index (Phi) is 6.92. The molecule has 0 aromatic carbocycles. The third kappa shape index (κ3) is 8.31. The summed E-state index contributed by atoms with van der Waals surface area (Å²) in [7, 11) is -1.99. The maximum atomic E-state index is 10.8. The Morgan fingerprint density at radius 1 is 1.29 bits per heavy atom. The fraction of sp³-hybridized carbons (Fsp3) is 0.727. The van der Waals surface area contributed by atoms with Gasteiger partial charge in [0.15, 0.2) is 8.32 Å². The lowest BCUT2D eigenvalue weighted by molar-refractivity contribution is -0.137. The summed E-state index contributed by atoms with van der Waals surface area (Å²) in [5, 5.41) is 0. The molecule has 0 bridgehead atoms. The first kappa shape index (κ1) is 16.6. The normalized spacial score (nSPS) is 12.3. The predicted molar refractivity (Wildman–Crippen MR) is 73.6 cm³/mol. The Balaban J connectivity index is 3.93. The van der Waals surface area contributed by atoms with Crippen molar-refractivity contribution in [2.45, 2.75) is 38.7 Å². The van der Waals surface area contributed by atoms with Gasteiger partial charge in [0.1, 0.15) is 0 Å². The van der Waals surface area contributed by atoms with Gasteiger partial charge in [-0.3, -0.25) is 0 Å². The Bertz CT molecular complexity index is 264. The van der Waals surface area contributed by atoms with Gasteiger partial charge in [-0.25, -0.2) is 4.79 Å². The minimum Gasteiger partial charge on any atom is -0.463 e. The quantitative estimate of drug-likeness (QED) is 0.296. The molecule has 6 heteroatoms. The second-order valence-corrected chi connectivity index (χ2v) is 13.0. The second-order valence-electron chi connectivity index (χ2n) is 4.94. The van der Waals surface area contributed by atoms with Crippen molar-refractivity contribution >= 4 is 22.8 Å². The van der Waals surface area contributed by atoms with Crippen molar-refractivity contribution in [1.29, 1.82) is 0 Å². The van der Waals surface area contributed by atoms with E-state index in [9.17, 15) is 4.79 Å². The average Bonchev–Trinajstić information content (AvgIpc) is 2.22. The molecule has 0 fully saturated rings. The molecular weight excluding hydrogens is 252 g/mol. The molecule has 0 aliphatic heterocycles. The van der Waals surface area contributed by atoms with E-state index in [-0.39, 0.29) is 5.97 Å². The first-order valence-corrected chi connectivity index (χ1v) is 11.7. The zero-order valence-corrected chi connectivity index (χ0v) is 13.5. The number of rotatable bonds is 8. The van der Waals surface area contributed by atoms with Crippen LogP contribution in [0.15, 0.2) is 12.7 Å². The molecule has 0 saturated heterocycles. The third-order valence-electron chi connectivity index (χ3n) is 2.35. The number of esters is 1. The van der Waals surface area contributed by atoms with E-state index in [0.29, 0.717) is 6.61 Å². The molecule has 0 aliphatic carbocycles. The Morgan fingerprint density at radius 2 is 1.88 bits per heavy atom. The van der Waals surface area contributed by atoms with Gasteiger partial charge in [0.2, 0.25) is 0 Å². The SMILES string of the molecule is C=CC(=O)OCCC[Si](C)(C)O[Si](C)(C)OC. The average molecular weight is 276 g/mol. The van der Waals surface area contributed by atoms with Crippen LogP contribution in [-0.4, -0.2) is 36.6 Å². The molecule has 0 aromatic heterocycles. The van der Waals surface area contributed by atoms with E-state index in [1.165, 1.54) is 6.08 Å². The Morgan fingerprint density at radius 3 is 2.35 bits per heavy atom. The van der Waals surface area contributed by atoms with Crippen LogP contribution in [-0.2, 0) is 18.1 Å². The highest BCUT2D eigenvalue weighted by atomic mass is 28.4. The molecule has 0 aliphatic rings. The lowest BCUT2D eigenvalue weighted by atomic mass is 10.5. The van der Waals surface area contributed by atoms with E-state index < -0.39 is 16.9 Å². The van der Waals surface area contributed by atoms with Crippen LogP contribution < -0.4 is 0 Å². The van der Waals surface area contributed by atoms with Crippen molar-refractivity contribution < 1.29 is 18.1 Å². The van der Waals surface area contributed by atoms with E-state index in [4.69, 9.17) is 13.3 Å². The van der Waals surface area contributed by atoms with Gasteiger partial charge in [0, 0.05) is 13.2 Å². The van der Waals surface area contributed by atoms with Crippen LogP contribution in [0.2, 0.25) is 32.2 Å². The van der Waals surface area contributed by atoms with E-state index >= 15 is 0 Å². The summed E-state index contributed by atoms with van der Waals surface area (Å²) in [5.41, 5.74) is 0. The summed E-state index contributed by atoms with van der Waals surface area (Å²) in [5.74, 6) is -0.364. The topological polar surface area (TPSA) is 44.8 Å². The second kappa shape index (κ2) is 7.10. The molecule has 0 spiro atoms. The highest BCUT2D eigenvalue weighted by molar-refractivity contribution is 6.82. The van der Waals surface area contributed by atoms with E-state index in [0.717, 1.165) is 12.5 Å². The van der Waals surface area contributed by atoms with Crippen LogP contribution in [0.3, 0.4) is 0 Å². The minimum absolute atomic E-state index is 0.364. The lowest BCUT2D eigenvalue weighted by Crippen LogP contribution is -2.45. The lowest BCUT2D eigenvalue weighted by Gasteiger charge is -2.32. The van der Waals surface area contributed by atoms with Gasteiger partial charge in [0.05, 0.1) is 6.61 Å². The summed E-state index contributed by atoms with van der Waals surface area (Å²) in [4.78, 5) is 10.8. The molecule has 0 N–H and O–H groups in total. The molecule has 4 nitrogen and oxygen atoms in total. The van der Waals surface area contributed by atoms with Crippen molar-refractivity contribution in [1.82, 2.24) is 0 Å². The molecule has 100 valence electrons. The maximum absolute atomic E-state index is 10.8. The van der Waals surface area contributed by atoms with Crippen LogP contribution >= 0.6 is 0 Å². The number of hydrogen-bond donors (Lipinski definition) is 0. The summed E-state index contributed by atoms with van der Waals surface area (Å²) in [6.07, 6.45) is 2.01. The standard InChI is InChI=1S/C11H24O4Si2/c1-7-11(12)14-9-8-10-16(3,4)15-17(5,6)13-2/h7H,1,8-10H2,2-6H3. The molecular formula is C11H24O4Si2. The molecule has 0 heterocycles. The van der Waals surface area contributed by atoms with Crippen molar-refractivity contribution in [3.05, 3.63) is 12.7 Å².